The monoisotopic (exact) mass is 424 g/mol. The van der Waals surface area contributed by atoms with Gasteiger partial charge in [0.1, 0.15) is 0 Å². The Morgan fingerprint density at radius 2 is 2.04 bits per heavy atom. The van der Waals surface area contributed by atoms with E-state index in [2.05, 4.69) is 32.9 Å². The number of hydrogen-bond acceptors (Lipinski definition) is 5. The van der Waals surface area contributed by atoms with Crippen LogP contribution in [0.5, 0.6) is 11.5 Å². The van der Waals surface area contributed by atoms with E-state index in [9.17, 15) is 4.79 Å². The first kappa shape index (κ1) is 14.9. The molecule has 0 atom stereocenters. The van der Waals surface area contributed by atoms with Crippen LogP contribution in [0.1, 0.15) is 31.7 Å². The molecule has 0 radical (unpaired) electrons. The molecule has 2 aliphatic rings. The number of anilines is 2. The van der Waals surface area contributed by atoms with Crippen LogP contribution >= 0.6 is 22.6 Å². The molecule has 2 heterocycles. The van der Waals surface area contributed by atoms with Gasteiger partial charge in [-0.3, -0.25) is 4.57 Å². The van der Waals surface area contributed by atoms with Crippen molar-refractivity contribution in [3.05, 3.63) is 38.5 Å². The second-order valence-electron chi connectivity index (χ2n) is 6.08. The van der Waals surface area contributed by atoms with Gasteiger partial charge < -0.3 is 15.8 Å². The molecule has 3 N–H and O–H groups in total. The van der Waals surface area contributed by atoms with Crippen molar-refractivity contribution in [2.75, 3.05) is 5.32 Å². The fourth-order valence-electron chi connectivity index (χ4n) is 3.19. The summed E-state index contributed by atoms with van der Waals surface area (Å²) in [7, 11) is 0. The smallest absolute Gasteiger partial charge is 0.350 e. The van der Waals surface area contributed by atoms with E-state index in [-0.39, 0.29) is 17.8 Å². The second-order valence-corrected chi connectivity index (χ2v) is 7.33. The molecule has 4 rings (SSSR count). The lowest BCUT2D eigenvalue weighted by Crippen LogP contribution is -2.33. The largest absolute Gasteiger partial charge is 0.450 e. The van der Waals surface area contributed by atoms with Gasteiger partial charge in [-0.25, -0.2) is 4.79 Å². The first-order valence-electron chi connectivity index (χ1n) is 7.73. The van der Waals surface area contributed by atoms with Crippen molar-refractivity contribution < 1.29 is 4.74 Å². The van der Waals surface area contributed by atoms with E-state index >= 15 is 0 Å². The van der Waals surface area contributed by atoms with E-state index in [0.717, 1.165) is 40.7 Å². The van der Waals surface area contributed by atoms with Gasteiger partial charge in [0.25, 0.3) is 0 Å². The van der Waals surface area contributed by atoms with Gasteiger partial charge in [0.05, 0.1) is 11.9 Å². The van der Waals surface area contributed by atoms with Crippen LogP contribution in [0.3, 0.4) is 0 Å². The Morgan fingerprint density at radius 1 is 1.26 bits per heavy atom. The molecule has 1 fully saturated rings. The first-order chi connectivity index (χ1) is 11.1. The highest BCUT2D eigenvalue weighted by Gasteiger charge is 2.25. The Bertz CT molecular complexity index is 812. The van der Waals surface area contributed by atoms with Crippen molar-refractivity contribution in [2.45, 2.75) is 37.8 Å². The first-order valence-corrected chi connectivity index (χ1v) is 8.81. The maximum Gasteiger partial charge on any atom is 0.350 e. The zero-order valence-corrected chi connectivity index (χ0v) is 14.6. The SMILES string of the molecule is NC1CCC(n2cc3c(nc2=O)Nc2cc(I)ccc2O3)CC1. The number of nitrogens with two attached hydrogens (primary N) is 1. The van der Waals surface area contributed by atoms with E-state index < -0.39 is 0 Å². The van der Waals surface area contributed by atoms with Gasteiger partial charge in [0.2, 0.25) is 0 Å². The topological polar surface area (TPSA) is 82.2 Å². The Balaban J connectivity index is 1.68. The minimum atomic E-state index is -0.241. The predicted octanol–water partition coefficient (Wildman–Crippen LogP) is 3.14. The maximum absolute atomic E-state index is 12.4. The van der Waals surface area contributed by atoms with Crippen molar-refractivity contribution in [3.63, 3.8) is 0 Å². The van der Waals surface area contributed by atoms with Crippen LogP contribution in [0, 0.1) is 3.57 Å². The molecule has 23 heavy (non-hydrogen) atoms. The molecule has 0 bridgehead atoms. The highest BCUT2D eigenvalue weighted by Crippen LogP contribution is 2.41. The van der Waals surface area contributed by atoms with Crippen LogP contribution in [0.25, 0.3) is 0 Å². The fourth-order valence-corrected chi connectivity index (χ4v) is 3.68. The third kappa shape index (κ3) is 2.83. The van der Waals surface area contributed by atoms with Crippen molar-refractivity contribution in [1.29, 1.82) is 0 Å². The number of hydrogen-bond donors (Lipinski definition) is 2. The van der Waals surface area contributed by atoms with E-state index in [4.69, 9.17) is 10.5 Å². The van der Waals surface area contributed by atoms with Gasteiger partial charge in [-0.05, 0) is 66.5 Å². The van der Waals surface area contributed by atoms with Gasteiger partial charge in [0.15, 0.2) is 17.3 Å². The molecule has 0 saturated heterocycles. The zero-order chi connectivity index (χ0) is 16.0. The van der Waals surface area contributed by atoms with Crippen LogP contribution in [-0.4, -0.2) is 15.6 Å². The average molecular weight is 424 g/mol. The lowest BCUT2D eigenvalue weighted by Gasteiger charge is -2.28. The predicted molar refractivity (Wildman–Crippen MR) is 96.5 cm³/mol. The summed E-state index contributed by atoms with van der Waals surface area (Å²) in [5.41, 5.74) is 6.54. The molecule has 1 aliphatic heterocycles. The number of halogens is 1. The van der Waals surface area contributed by atoms with Crippen molar-refractivity contribution in [2.24, 2.45) is 5.73 Å². The standard InChI is InChI=1S/C16H17IN4O2/c17-9-1-6-13-12(7-9)19-15-14(23-13)8-21(16(22)20-15)11-4-2-10(18)3-5-11/h1,6-8,10-11H,2-5,18H2,(H,19,20,22). The van der Waals surface area contributed by atoms with Gasteiger partial charge in [-0.1, -0.05) is 0 Å². The summed E-state index contributed by atoms with van der Waals surface area (Å²) in [6, 6.07) is 6.27. The lowest BCUT2D eigenvalue weighted by atomic mass is 9.92. The number of benzene rings is 1. The summed E-state index contributed by atoms with van der Waals surface area (Å²) in [4.78, 5) is 16.5. The Labute approximate surface area is 147 Å². The van der Waals surface area contributed by atoms with Crippen LogP contribution in [0.15, 0.2) is 29.2 Å². The number of aromatic nitrogens is 2. The average Bonchev–Trinajstić information content (AvgIpc) is 2.53. The molecular formula is C16H17IN4O2. The third-order valence-electron chi connectivity index (χ3n) is 4.47. The van der Waals surface area contributed by atoms with E-state index in [1.54, 1.807) is 10.8 Å². The molecule has 0 amide bonds. The van der Waals surface area contributed by atoms with Gasteiger partial charge in [0, 0.05) is 15.7 Å². The van der Waals surface area contributed by atoms with Gasteiger partial charge in [-0.15, -0.1) is 0 Å². The normalized spacial score (nSPS) is 22.5. The van der Waals surface area contributed by atoms with Crippen LogP contribution in [0.4, 0.5) is 11.5 Å². The van der Waals surface area contributed by atoms with Crippen molar-refractivity contribution in [3.8, 4) is 11.5 Å². The molecule has 120 valence electrons. The Hall–Kier alpha value is -1.61. The van der Waals surface area contributed by atoms with E-state index in [1.807, 2.05) is 18.2 Å². The van der Waals surface area contributed by atoms with Gasteiger partial charge >= 0.3 is 5.69 Å². The Kier molecular flexibility index (Phi) is 3.76. The quantitative estimate of drug-likeness (QED) is 0.587. The lowest BCUT2D eigenvalue weighted by molar-refractivity contribution is 0.312. The fraction of sp³-hybridized carbons (Fsp3) is 0.375. The van der Waals surface area contributed by atoms with Crippen molar-refractivity contribution in [1.82, 2.24) is 9.55 Å². The molecule has 2 aromatic rings. The number of fused-ring (bicyclic) bond motifs is 2. The molecule has 1 aromatic heterocycles. The minimum absolute atomic E-state index is 0.154. The molecule has 0 spiro atoms. The maximum atomic E-state index is 12.4. The molecular weight excluding hydrogens is 407 g/mol. The van der Waals surface area contributed by atoms with E-state index in [0.29, 0.717) is 11.6 Å². The molecule has 0 unspecified atom stereocenters. The Morgan fingerprint density at radius 3 is 2.83 bits per heavy atom. The highest BCUT2D eigenvalue weighted by atomic mass is 127. The summed E-state index contributed by atoms with van der Waals surface area (Å²) in [6.45, 7) is 0. The van der Waals surface area contributed by atoms with Crippen LogP contribution in [-0.2, 0) is 0 Å². The zero-order valence-electron chi connectivity index (χ0n) is 12.5. The minimum Gasteiger partial charge on any atom is -0.450 e. The molecule has 6 nitrogen and oxygen atoms in total. The number of nitrogens with zero attached hydrogens (tertiary/aromatic N) is 2. The number of ether oxygens (including phenoxy) is 1. The number of rotatable bonds is 1. The van der Waals surface area contributed by atoms with Crippen LogP contribution < -0.4 is 21.5 Å². The van der Waals surface area contributed by atoms with Gasteiger partial charge in [-0.2, -0.15) is 4.98 Å². The molecule has 7 heteroatoms. The van der Waals surface area contributed by atoms with Crippen LogP contribution in [0.2, 0.25) is 0 Å². The van der Waals surface area contributed by atoms with E-state index in [1.165, 1.54) is 0 Å². The summed E-state index contributed by atoms with van der Waals surface area (Å²) in [6.07, 6.45) is 5.47. The second kappa shape index (κ2) is 5.79. The summed E-state index contributed by atoms with van der Waals surface area (Å²) in [5.74, 6) is 1.82. The van der Waals surface area contributed by atoms with Crippen molar-refractivity contribution >= 4 is 34.1 Å². The summed E-state index contributed by atoms with van der Waals surface area (Å²) >= 11 is 2.24. The summed E-state index contributed by atoms with van der Waals surface area (Å²) < 4.78 is 8.72. The number of nitrogens with one attached hydrogen (secondary N) is 1. The summed E-state index contributed by atoms with van der Waals surface area (Å²) in [5, 5.41) is 3.19. The third-order valence-corrected chi connectivity index (χ3v) is 5.14. The molecule has 1 saturated carbocycles. The highest BCUT2D eigenvalue weighted by molar-refractivity contribution is 14.1. The molecule has 1 aliphatic carbocycles. The molecule has 1 aromatic carbocycles.